The SMILES string of the molecule is C[Si](C)(C)CCOCn1cc(C(=O)OCc2ccccc2)nc1-c1ccc(Br)nc1.O=C(OCc1ccccc1)c1cnc(-c2ccc(Br)nc2)[nH]1. The van der Waals surface area contributed by atoms with E-state index in [0.717, 1.165) is 37.5 Å². The highest BCUT2D eigenvalue weighted by Crippen LogP contribution is 2.22. The predicted octanol–water partition coefficient (Wildman–Crippen LogP) is 8.97. The molecule has 4 aromatic heterocycles. The maximum absolute atomic E-state index is 12.6. The van der Waals surface area contributed by atoms with Crippen LogP contribution in [-0.2, 0) is 34.2 Å². The van der Waals surface area contributed by atoms with Gasteiger partial charge in [0.25, 0.3) is 0 Å². The molecular weight excluding hydrogens is 808 g/mol. The second-order valence-corrected chi connectivity index (χ2v) is 20.0. The van der Waals surface area contributed by atoms with Gasteiger partial charge >= 0.3 is 11.9 Å². The van der Waals surface area contributed by atoms with E-state index >= 15 is 0 Å². The molecule has 0 bridgehead atoms. The number of hydrogen-bond donors (Lipinski definition) is 1. The third-order valence-electron chi connectivity index (χ3n) is 7.42. The van der Waals surface area contributed by atoms with Gasteiger partial charge in [0.1, 0.15) is 46.5 Å². The fraction of sp³-hybridized carbons (Fsp3) is 0.211. The van der Waals surface area contributed by atoms with E-state index in [0.29, 0.717) is 30.7 Å². The molecule has 52 heavy (non-hydrogen) atoms. The molecule has 6 rings (SSSR count). The Morgan fingerprint density at radius 3 is 1.87 bits per heavy atom. The lowest BCUT2D eigenvalue weighted by Crippen LogP contribution is -2.22. The van der Waals surface area contributed by atoms with E-state index in [1.54, 1.807) is 18.6 Å². The molecule has 0 saturated heterocycles. The Bertz CT molecular complexity index is 2030. The molecular formula is C38H38Br2N6O5Si. The first kappa shape index (κ1) is 38.5. The summed E-state index contributed by atoms with van der Waals surface area (Å²) in [5.41, 5.74) is 4.02. The Kier molecular flexibility index (Phi) is 13.8. The third-order valence-corrected chi connectivity index (χ3v) is 10.1. The highest BCUT2D eigenvalue weighted by atomic mass is 79.9. The topological polar surface area (TPSA) is 134 Å². The number of ether oxygens (including phenoxy) is 3. The Hall–Kier alpha value is -4.76. The lowest BCUT2D eigenvalue weighted by atomic mass is 10.2. The zero-order chi connectivity index (χ0) is 36.9. The number of hydrogen-bond acceptors (Lipinski definition) is 9. The summed E-state index contributed by atoms with van der Waals surface area (Å²) in [4.78, 5) is 44.6. The van der Waals surface area contributed by atoms with Gasteiger partial charge in [-0.1, -0.05) is 80.3 Å². The molecule has 0 spiro atoms. The van der Waals surface area contributed by atoms with Gasteiger partial charge in [-0.15, -0.1) is 0 Å². The smallest absolute Gasteiger partial charge is 0.358 e. The van der Waals surface area contributed by atoms with Crippen molar-refractivity contribution in [2.24, 2.45) is 0 Å². The van der Waals surface area contributed by atoms with Crippen molar-refractivity contribution < 1.29 is 23.8 Å². The van der Waals surface area contributed by atoms with E-state index in [2.05, 4.69) is 76.4 Å². The number of H-pyrrole nitrogens is 1. The maximum Gasteiger partial charge on any atom is 0.358 e. The van der Waals surface area contributed by atoms with Crippen LogP contribution in [0.25, 0.3) is 22.8 Å². The molecule has 0 unspecified atom stereocenters. The first-order valence-corrected chi connectivity index (χ1v) is 21.7. The van der Waals surface area contributed by atoms with Crippen LogP contribution in [0.5, 0.6) is 0 Å². The first-order valence-electron chi connectivity index (χ1n) is 16.4. The number of nitrogens with zero attached hydrogens (tertiary/aromatic N) is 5. The molecule has 0 aliphatic rings. The van der Waals surface area contributed by atoms with Gasteiger partial charge in [-0.2, -0.15) is 0 Å². The average molecular weight is 847 g/mol. The molecule has 0 atom stereocenters. The quantitative estimate of drug-likeness (QED) is 0.0523. The molecule has 0 saturated carbocycles. The van der Waals surface area contributed by atoms with Crippen LogP contribution in [0.4, 0.5) is 0 Å². The summed E-state index contributed by atoms with van der Waals surface area (Å²) < 4.78 is 19.9. The van der Waals surface area contributed by atoms with Gasteiger partial charge in [0.2, 0.25) is 0 Å². The van der Waals surface area contributed by atoms with Crippen molar-refractivity contribution in [3.8, 4) is 22.8 Å². The standard InChI is InChI=1S/C22H26BrN3O3Si.C16H12BrN3O2/c1-30(2,3)12-11-28-16-26-14-19(22(27)29-15-17-7-5-4-6-8-17)25-21(26)18-9-10-20(23)24-13-18;17-14-7-6-12(8-18-14)15-19-9-13(20-15)16(21)22-10-11-4-2-1-3-5-11/h4-10,13-14H,11-12,15-16H2,1-3H3;1-9H,10H2,(H,19,20). The molecule has 268 valence electrons. The number of aromatic nitrogens is 6. The summed E-state index contributed by atoms with van der Waals surface area (Å²) in [5, 5.41) is 0. The number of pyridine rings is 2. The Morgan fingerprint density at radius 2 is 1.31 bits per heavy atom. The number of esters is 2. The summed E-state index contributed by atoms with van der Waals surface area (Å²) in [6.45, 7) is 8.37. The highest BCUT2D eigenvalue weighted by molar-refractivity contribution is 9.10. The summed E-state index contributed by atoms with van der Waals surface area (Å²) in [5.74, 6) is 0.292. The monoisotopic (exact) mass is 844 g/mol. The second-order valence-electron chi connectivity index (χ2n) is 12.8. The van der Waals surface area contributed by atoms with E-state index in [4.69, 9.17) is 14.2 Å². The lowest BCUT2D eigenvalue weighted by molar-refractivity contribution is 0.0457. The zero-order valence-electron chi connectivity index (χ0n) is 29.0. The van der Waals surface area contributed by atoms with Crippen molar-refractivity contribution in [2.75, 3.05) is 6.61 Å². The minimum Gasteiger partial charge on any atom is -0.456 e. The van der Waals surface area contributed by atoms with Crippen LogP contribution in [0.2, 0.25) is 25.7 Å². The van der Waals surface area contributed by atoms with E-state index < -0.39 is 20.0 Å². The molecule has 0 aliphatic heterocycles. The molecule has 0 radical (unpaired) electrons. The number of imidazole rings is 2. The molecule has 11 nitrogen and oxygen atoms in total. The van der Waals surface area contributed by atoms with Crippen LogP contribution < -0.4 is 0 Å². The molecule has 0 amide bonds. The van der Waals surface area contributed by atoms with Crippen molar-refractivity contribution in [1.29, 1.82) is 0 Å². The van der Waals surface area contributed by atoms with E-state index in [1.807, 2.05) is 89.5 Å². The van der Waals surface area contributed by atoms with Gasteiger partial charge in [0.05, 0.1) is 6.20 Å². The van der Waals surface area contributed by atoms with Crippen LogP contribution in [0.3, 0.4) is 0 Å². The number of halogens is 2. The number of nitrogens with one attached hydrogen (secondary N) is 1. The number of rotatable bonds is 13. The van der Waals surface area contributed by atoms with Crippen LogP contribution in [-0.4, -0.2) is 56.1 Å². The Labute approximate surface area is 320 Å². The fourth-order valence-electron chi connectivity index (χ4n) is 4.58. The molecule has 14 heteroatoms. The van der Waals surface area contributed by atoms with E-state index in [9.17, 15) is 9.59 Å². The van der Waals surface area contributed by atoms with Gasteiger partial charge in [-0.25, -0.2) is 29.5 Å². The Morgan fingerprint density at radius 1 is 0.731 bits per heavy atom. The van der Waals surface area contributed by atoms with Crippen molar-refractivity contribution in [3.05, 3.63) is 141 Å². The summed E-state index contributed by atoms with van der Waals surface area (Å²) in [7, 11) is -1.17. The maximum atomic E-state index is 12.6. The number of aromatic amines is 1. The zero-order valence-corrected chi connectivity index (χ0v) is 33.1. The normalized spacial score (nSPS) is 11.0. The Balaban J connectivity index is 0.000000210. The minimum atomic E-state index is -1.17. The van der Waals surface area contributed by atoms with Crippen molar-refractivity contribution >= 4 is 51.9 Å². The van der Waals surface area contributed by atoms with Crippen LogP contribution in [0.1, 0.15) is 32.1 Å². The van der Waals surface area contributed by atoms with Gasteiger partial charge in [-0.05, 0) is 73.3 Å². The second kappa shape index (κ2) is 18.6. The molecule has 0 aliphatic carbocycles. The third kappa shape index (κ3) is 11.9. The lowest BCUT2D eigenvalue weighted by Gasteiger charge is -2.16. The van der Waals surface area contributed by atoms with Gasteiger partial charge < -0.3 is 23.8 Å². The van der Waals surface area contributed by atoms with Crippen molar-refractivity contribution in [3.63, 3.8) is 0 Å². The number of carbonyl (C=O) groups excluding carboxylic acids is 2. The molecule has 2 aromatic carbocycles. The number of carbonyl (C=O) groups is 2. The molecule has 6 aromatic rings. The number of benzene rings is 2. The average Bonchev–Trinajstić information content (AvgIpc) is 3.82. The molecule has 4 heterocycles. The van der Waals surface area contributed by atoms with Crippen LogP contribution in [0, 0.1) is 0 Å². The molecule has 0 fully saturated rings. The highest BCUT2D eigenvalue weighted by Gasteiger charge is 2.19. The first-order chi connectivity index (χ1) is 25.0. The van der Waals surface area contributed by atoms with E-state index in [1.165, 1.54) is 6.20 Å². The van der Waals surface area contributed by atoms with Gasteiger partial charge in [0, 0.05) is 44.4 Å². The van der Waals surface area contributed by atoms with Crippen LogP contribution >= 0.6 is 31.9 Å². The van der Waals surface area contributed by atoms with Gasteiger partial charge in [0.15, 0.2) is 5.69 Å². The van der Waals surface area contributed by atoms with E-state index in [-0.39, 0.29) is 18.9 Å². The van der Waals surface area contributed by atoms with Gasteiger partial charge in [-0.3, -0.25) is 0 Å². The summed E-state index contributed by atoms with van der Waals surface area (Å²) >= 11 is 6.62. The fourth-order valence-corrected chi connectivity index (χ4v) is 5.80. The summed E-state index contributed by atoms with van der Waals surface area (Å²) in [6, 6.07) is 27.6. The molecule has 1 N–H and O–H groups in total. The largest absolute Gasteiger partial charge is 0.456 e. The predicted molar refractivity (Wildman–Crippen MR) is 208 cm³/mol. The van der Waals surface area contributed by atoms with Crippen LogP contribution in [0.15, 0.2) is 119 Å². The minimum absolute atomic E-state index is 0.203. The van der Waals surface area contributed by atoms with Crippen molar-refractivity contribution in [1.82, 2.24) is 29.5 Å². The van der Waals surface area contributed by atoms with Crippen molar-refractivity contribution in [2.45, 2.75) is 45.6 Å². The summed E-state index contributed by atoms with van der Waals surface area (Å²) in [6.07, 6.45) is 6.52.